The van der Waals surface area contributed by atoms with Gasteiger partial charge in [-0.3, -0.25) is 14.4 Å². The molecule has 2 aliphatic heterocycles. The molecule has 2 aliphatic rings. The van der Waals surface area contributed by atoms with Crippen LogP contribution in [0.4, 0.5) is 10.2 Å². The van der Waals surface area contributed by atoms with Crippen LogP contribution in [-0.2, 0) is 24.2 Å². The maximum atomic E-state index is 15.8. The predicted molar refractivity (Wildman–Crippen MR) is 146 cm³/mol. The van der Waals surface area contributed by atoms with Crippen LogP contribution < -0.4 is 5.32 Å². The van der Waals surface area contributed by atoms with Gasteiger partial charge < -0.3 is 10.4 Å². The summed E-state index contributed by atoms with van der Waals surface area (Å²) in [5.41, 5.74) is 2.75. The van der Waals surface area contributed by atoms with Gasteiger partial charge in [-0.05, 0) is 75.6 Å². The van der Waals surface area contributed by atoms with E-state index in [0.29, 0.717) is 38.0 Å². The van der Waals surface area contributed by atoms with Crippen LogP contribution >= 0.6 is 0 Å². The first kappa shape index (κ1) is 26.4. The van der Waals surface area contributed by atoms with Crippen LogP contribution in [0.5, 0.6) is 0 Å². The Morgan fingerprint density at radius 2 is 2.08 bits per heavy atom. The van der Waals surface area contributed by atoms with Crippen molar-refractivity contribution in [2.45, 2.75) is 70.1 Å². The molecule has 2 N–H and O–H groups in total. The number of nitrogens with one attached hydrogen (secondary N) is 1. The van der Waals surface area contributed by atoms with Gasteiger partial charge in [0.05, 0.1) is 12.7 Å². The fourth-order valence-electron chi connectivity index (χ4n) is 5.89. The van der Waals surface area contributed by atoms with Gasteiger partial charge >= 0.3 is 5.97 Å². The first-order valence-electron chi connectivity index (χ1n) is 13.8. The van der Waals surface area contributed by atoms with Crippen LogP contribution in [0.15, 0.2) is 54.9 Å². The number of fused-ring (bicyclic) bond motifs is 1. The lowest BCUT2D eigenvalue weighted by molar-refractivity contribution is -0.143. The predicted octanol–water partition coefficient (Wildman–Crippen LogP) is 5.27. The van der Waals surface area contributed by atoms with Crippen LogP contribution in [0.25, 0.3) is 0 Å². The van der Waals surface area contributed by atoms with E-state index < -0.39 is 17.7 Å². The third-order valence-electron chi connectivity index (χ3n) is 8.13. The van der Waals surface area contributed by atoms with Crippen molar-refractivity contribution in [1.82, 2.24) is 19.7 Å². The summed E-state index contributed by atoms with van der Waals surface area (Å²) in [5.74, 6) is -0.0963. The number of alkyl halides is 1. The molecule has 0 aliphatic carbocycles. The molecule has 0 spiro atoms. The Kier molecular flexibility index (Phi) is 8.07. The molecule has 202 valence electrons. The van der Waals surface area contributed by atoms with Crippen molar-refractivity contribution >= 4 is 11.8 Å². The third-order valence-corrected chi connectivity index (χ3v) is 8.13. The Labute approximate surface area is 224 Å². The monoisotopic (exact) mass is 519 g/mol. The topological polar surface area (TPSA) is 83.3 Å². The highest BCUT2D eigenvalue weighted by Crippen LogP contribution is 2.38. The molecule has 1 aromatic carbocycles. The molecule has 1 unspecified atom stereocenters. The zero-order valence-electron chi connectivity index (χ0n) is 22.2. The molecule has 0 bridgehead atoms. The van der Waals surface area contributed by atoms with Gasteiger partial charge in [-0.25, -0.2) is 9.37 Å². The molecule has 1 saturated heterocycles. The molecular weight excluding hydrogens is 481 g/mol. The largest absolute Gasteiger partial charge is 0.480 e. The molecule has 1 fully saturated rings. The SMILES string of the molecule is CC(F)(CCCCc1ccc2c(n1)NCCC2)[C@@H]1CCN([C@@H](C(=O)O)c2cnn(Cc3ccccc3)c2)C1. The molecule has 8 heteroatoms. The number of aryl methyl sites for hydroxylation is 2. The Morgan fingerprint density at radius 1 is 1.24 bits per heavy atom. The van der Waals surface area contributed by atoms with E-state index in [1.165, 1.54) is 5.56 Å². The van der Waals surface area contributed by atoms with Crippen molar-refractivity contribution < 1.29 is 14.3 Å². The van der Waals surface area contributed by atoms with Crippen molar-refractivity contribution in [2.75, 3.05) is 25.0 Å². The molecule has 3 atom stereocenters. The zero-order chi connectivity index (χ0) is 26.5. The van der Waals surface area contributed by atoms with Gasteiger partial charge in [0.25, 0.3) is 0 Å². The summed E-state index contributed by atoms with van der Waals surface area (Å²) < 4.78 is 17.6. The summed E-state index contributed by atoms with van der Waals surface area (Å²) >= 11 is 0. The van der Waals surface area contributed by atoms with E-state index in [1.54, 1.807) is 24.0 Å². The standard InChI is InChI=1S/C30H38FN5O2/c1-30(31,15-6-5-11-26-13-12-23-10-7-16-32-28(23)34-26)25-14-17-35(21-25)27(29(37)38)24-18-33-36(20-24)19-22-8-3-2-4-9-22/h2-4,8-9,12-13,18,20,25,27H,5-7,10-11,14-17,19,21H2,1H3,(H,32,34)(H,37,38)/t25-,27-,30?/m1/s1. The second kappa shape index (κ2) is 11.6. The van der Waals surface area contributed by atoms with Gasteiger partial charge in [-0.1, -0.05) is 36.4 Å². The van der Waals surface area contributed by atoms with E-state index in [4.69, 9.17) is 4.98 Å². The molecule has 0 saturated carbocycles. The summed E-state index contributed by atoms with van der Waals surface area (Å²) in [5, 5.41) is 17.8. The van der Waals surface area contributed by atoms with Gasteiger partial charge in [0.2, 0.25) is 0 Å². The van der Waals surface area contributed by atoms with Crippen LogP contribution in [0.1, 0.15) is 67.5 Å². The van der Waals surface area contributed by atoms with Crippen LogP contribution in [0, 0.1) is 5.92 Å². The molecule has 0 radical (unpaired) electrons. The van der Waals surface area contributed by atoms with Crippen LogP contribution in [0.3, 0.4) is 0 Å². The number of halogens is 1. The highest BCUT2D eigenvalue weighted by atomic mass is 19.1. The number of hydrogen-bond donors (Lipinski definition) is 2. The van der Waals surface area contributed by atoms with Crippen molar-refractivity contribution in [3.8, 4) is 0 Å². The van der Waals surface area contributed by atoms with E-state index in [-0.39, 0.29) is 5.92 Å². The fourth-order valence-corrected chi connectivity index (χ4v) is 5.89. The van der Waals surface area contributed by atoms with Crippen LogP contribution in [0.2, 0.25) is 0 Å². The van der Waals surface area contributed by atoms with E-state index in [1.807, 2.05) is 35.2 Å². The number of aliphatic carboxylic acids is 1. The molecular formula is C30H38FN5O2. The van der Waals surface area contributed by atoms with E-state index >= 15 is 4.39 Å². The third kappa shape index (κ3) is 6.23. The molecule has 0 amide bonds. The minimum Gasteiger partial charge on any atom is -0.480 e. The molecule has 7 nitrogen and oxygen atoms in total. The van der Waals surface area contributed by atoms with Crippen molar-refractivity contribution in [3.05, 3.63) is 77.2 Å². The highest BCUT2D eigenvalue weighted by Gasteiger charge is 2.42. The number of pyridine rings is 1. The molecule has 2 aromatic heterocycles. The highest BCUT2D eigenvalue weighted by molar-refractivity contribution is 5.75. The molecule has 3 aromatic rings. The van der Waals surface area contributed by atoms with E-state index in [2.05, 4.69) is 22.5 Å². The first-order chi connectivity index (χ1) is 18.4. The van der Waals surface area contributed by atoms with Crippen LogP contribution in [-0.4, -0.2) is 56.0 Å². The minimum absolute atomic E-state index is 0.185. The number of anilines is 1. The lowest BCUT2D eigenvalue weighted by Gasteiger charge is -2.29. The lowest BCUT2D eigenvalue weighted by Crippen LogP contribution is -2.36. The van der Waals surface area contributed by atoms with Gasteiger partial charge in [-0.15, -0.1) is 0 Å². The quantitative estimate of drug-likeness (QED) is 0.336. The number of rotatable bonds is 11. The number of aromatic nitrogens is 3. The number of benzene rings is 1. The molecule has 38 heavy (non-hydrogen) atoms. The Balaban J connectivity index is 1.13. The smallest absolute Gasteiger partial charge is 0.325 e. The second-order valence-corrected chi connectivity index (χ2v) is 11.0. The maximum Gasteiger partial charge on any atom is 0.325 e. The average Bonchev–Trinajstić information content (AvgIpc) is 3.58. The number of carboxylic acid groups (broad SMARTS) is 1. The number of likely N-dealkylation sites (tertiary alicyclic amines) is 1. The lowest BCUT2D eigenvalue weighted by atomic mass is 9.85. The number of carbonyl (C=O) groups is 1. The number of carboxylic acids is 1. The summed E-state index contributed by atoms with van der Waals surface area (Å²) in [6.07, 6.45) is 9.31. The van der Waals surface area contributed by atoms with Gasteiger partial charge in [-0.2, -0.15) is 5.10 Å². The van der Waals surface area contributed by atoms with Gasteiger partial charge in [0.15, 0.2) is 0 Å². The summed E-state index contributed by atoms with van der Waals surface area (Å²) in [7, 11) is 0. The number of nitrogens with zero attached hydrogens (tertiary/aromatic N) is 4. The first-order valence-corrected chi connectivity index (χ1v) is 13.8. The van der Waals surface area contributed by atoms with Gasteiger partial charge in [0.1, 0.15) is 17.5 Å². The van der Waals surface area contributed by atoms with E-state index in [9.17, 15) is 9.90 Å². The van der Waals surface area contributed by atoms with E-state index in [0.717, 1.165) is 55.7 Å². The summed E-state index contributed by atoms with van der Waals surface area (Å²) in [6.45, 7) is 4.25. The number of unbranched alkanes of at least 4 members (excludes halogenated alkanes) is 1. The Morgan fingerprint density at radius 3 is 2.89 bits per heavy atom. The second-order valence-electron chi connectivity index (χ2n) is 11.0. The normalized spacial score (nSPS) is 19.9. The average molecular weight is 520 g/mol. The zero-order valence-corrected chi connectivity index (χ0v) is 22.2. The van der Waals surface area contributed by atoms with Crippen molar-refractivity contribution in [3.63, 3.8) is 0 Å². The van der Waals surface area contributed by atoms with Crippen molar-refractivity contribution in [2.24, 2.45) is 5.92 Å². The summed E-state index contributed by atoms with van der Waals surface area (Å²) in [4.78, 5) is 18.9. The Bertz CT molecular complexity index is 1230. The van der Waals surface area contributed by atoms with Crippen molar-refractivity contribution in [1.29, 1.82) is 0 Å². The summed E-state index contributed by atoms with van der Waals surface area (Å²) in [6, 6.07) is 13.4. The molecule has 5 rings (SSSR count). The minimum atomic E-state index is -1.33. The maximum absolute atomic E-state index is 15.8. The Hall–Kier alpha value is -3.26. The fraction of sp³-hybridized carbons (Fsp3) is 0.500. The van der Waals surface area contributed by atoms with Gasteiger partial charge in [0, 0.05) is 36.5 Å². The molecule has 4 heterocycles. The number of hydrogen-bond acceptors (Lipinski definition) is 5.